The Labute approximate surface area is 133 Å². The Balaban J connectivity index is 2.03. The van der Waals surface area contributed by atoms with Gasteiger partial charge in [0, 0.05) is 13.1 Å². The SMILES string of the molecule is CCCN(CCC)C(=O)Cc1ccc(-c2ccccc2)cc1. The molecule has 0 unspecified atom stereocenters. The Bertz CT molecular complexity index is 568. The second kappa shape index (κ2) is 8.38. The van der Waals surface area contributed by atoms with Crippen LogP contribution in [0.25, 0.3) is 11.1 Å². The Morgan fingerprint density at radius 3 is 1.91 bits per heavy atom. The van der Waals surface area contributed by atoms with E-state index < -0.39 is 0 Å². The van der Waals surface area contributed by atoms with Crippen LogP contribution in [0, 0.1) is 0 Å². The van der Waals surface area contributed by atoms with Crippen molar-refractivity contribution in [3.8, 4) is 11.1 Å². The zero-order valence-electron chi connectivity index (χ0n) is 13.6. The molecule has 0 aliphatic rings. The van der Waals surface area contributed by atoms with Gasteiger partial charge >= 0.3 is 0 Å². The molecule has 1 amide bonds. The number of rotatable bonds is 7. The van der Waals surface area contributed by atoms with Gasteiger partial charge in [0.15, 0.2) is 0 Å². The third-order valence-electron chi connectivity index (χ3n) is 3.76. The monoisotopic (exact) mass is 295 g/mol. The molecule has 116 valence electrons. The van der Waals surface area contributed by atoms with Crippen LogP contribution in [0.15, 0.2) is 54.6 Å². The minimum atomic E-state index is 0.233. The largest absolute Gasteiger partial charge is 0.342 e. The molecule has 0 heterocycles. The van der Waals surface area contributed by atoms with E-state index >= 15 is 0 Å². The first-order chi connectivity index (χ1) is 10.7. The van der Waals surface area contributed by atoms with E-state index in [0.717, 1.165) is 31.5 Å². The Kier molecular flexibility index (Phi) is 6.20. The summed E-state index contributed by atoms with van der Waals surface area (Å²) < 4.78 is 0. The molecule has 0 saturated heterocycles. The lowest BCUT2D eigenvalue weighted by Gasteiger charge is -2.21. The number of benzene rings is 2. The van der Waals surface area contributed by atoms with Crippen molar-refractivity contribution < 1.29 is 4.79 Å². The molecule has 2 nitrogen and oxygen atoms in total. The summed E-state index contributed by atoms with van der Waals surface area (Å²) in [5, 5.41) is 0. The fraction of sp³-hybridized carbons (Fsp3) is 0.350. The van der Waals surface area contributed by atoms with Gasteiger partial charge in [-0.3, -0.25) is 4.79 Å². The minimum Gasteiger partial charge on any atom is -0.342 e. The van der Waals surface area contributed by atoms with Gasteiger partial charge in [0.05, 0.1) is 6.42 Å². The molecular weight excluding hydrogens is 270 g/mol. The maximum atomic E-state index is 12.4. The summed E-state index contributed by atoms with van der Waals surface area (Å²) in [6.45, 7) is 5.94. The van der Waals surface area contributed by atoms with Gasteiger partial charge in [-0.25, -0.2) is 0 Å². The third kappa shape index (κ3) is 4.45. The molecule has 0 spiro atoms. The molecule has 0 radical (unpaired) electrons. The Morgan fingerprint density at radius 1 is 0.818 bits per heavy atom. The molecular formula is C20H25NO. The van der Waals surface area contributed by atoms with E-state index in [-0.39, 0.29) is 5.91 Å². The van der Waals surface area contributed by atoms with Crippen molar-refractivity contribution >= 4 is 5.91 Å². The molecule has 0 aliphatic heterocycles. The summed E-state index contributed by atoms with van der Waals surface area (Å²) in [5.41, 5.74) is 3.48. The highest BCUT2D eigenvalue weighted by molar-refractivity contribution is 5.79. The van der Waals surface area contributed by atoms with E-state index in [0.29, 0.717) is 6.42 Å². The molecule has 0 N–H and O–H groups in total. The lowest BCUT2D eigenvalue weighted by Crippen LogP contribution is -2.33. The van der Waals surface area contributed by atoms with Crippen molar-refractivity contribution in [2.45, 2.75) is 33.1 Å². The minimum absolute atomic E-state index is 0.233. The van der Waals surface area contributed by atoms with Crippen LogP contribution in [0.1, 0.15) is 32.3 Å². The topological polar surface area (TPSA) is 20.3 Å². The smallest absolute Gasteiger partial charge is 0.226 e. The first-order valence-corrected chi connectivity index (χ1v) is 8.16. The molecule has 0 saturated carbocycles. The zero-order chi connectivity index (χ0) is 15.8. The number of carbonyl (C=O) groups excluding carboxylic acids is 1. The van der Waals surface area contributed by atoms with Crippen LogP contribution in [-0.4, -0.2) is 23.9 Å². The van der Waals surface area contributed by atoms with Crippen molar-refractivity contribution in [3.63, 3.8) is 0 Å². The average Bonchev–Trinajstić information content (AvgIpc) is 2.56. The van der Waals surface area contributed by atoms with Crippen molar-refractivity contribution in [2.75, 3.05) is 13.1 Å². The Hall–Kier alpha value is -2.09. The maximum absolute atomic E-state index is 12.4. The lowest BCUT2D eigenvalue weighted by molar-refractivity contribution is -0.130. The highest BCUT2D eigenvalue weighted by Crippen LogP contribution is 2.19. The molecule has 2 heteroatoms. The van der Waals surface area contributed by atoms with Crippen LogP contribution in [0.2, 0.25) is 0 Å². The van der Waals surface area contributed by atoms with Crippen LogP contribution in [-0.2, 0) is 11.2 Å². The summed E-state index contributed by atoms with van der Waals surface area (Å²) in [6.07, 6.45) is 2.52. The van der Waals surface area contributed by atoms with Crippen molar-refractivity contribution in [1.82, 2.24) is 4.90 Å². The summed E-state index contributed by atoms with van der Waals surface area (Å²) >= 11 is 0. The number of nitrogens with zero attached hydrogens (tertiary/aromatic N) is 1. The quantitative estimate of drug-likeness (QED) is 0.734. The standard InChI is InChI=1S/C20H25NO/c1-3-14-21(15-4-2)20(22)16-17-10-12-19(13-11-17)18-8-6-5-7-9-18/h5-13H,3-4,14-16H2,1-2H3. The summed E-state index contributed by atoms with van der Waals surface area (Å²) in [7, 11) is 0. The van der Waals surface area contributed by atoms with Gasteiger partial charge in [0.1, 0.15) is 0 Å². The van der Waals surface area contributed by atoms with E-state index in [1.54, 1.807) is 0 Å². The fourth-order valence-electron chi connectivity index (χ4n) is 2.63. The normalized spacial score (nSPS) is 10.5. The molecule has 0 bridgehead atoms. The van der Waals surface area contributed by atoms with Crippen LogP contribution in [0.3, 0.4) is 0 Å². The molecule has 2 rings (SSSR count). The molecule has 0 aliphatic carbocycles. The van der Waals surface area contributed by atoms with Gasteiger partial charge in [0.25, 0.3) is 0 Å². The number of hydrogen-bond donors (Lipinski definition) is 0. The van der Waals surface area contributed by atoms with Crippen LogP contribution >= 0.6 is 0 Å². The van der Waals surface area contributed by atoms with E-state index in [9.17, 15) is 4.79 Å². The number of carbonyl (C=O) groups is 1. The van der Waals surface area contributed by atoms with Crippen LogP contribution < -0.4 is 0 Å². The molecule has 2 aromatic rings. The predicted molar refractivity (Wildman–Crippen MR) is 92.7 cm³/mol. The lowest BCUT2D eigenvalue weighted by atomic mass is 10.0. The van der Waals surface area contributed by atoms with Gasteiger partial charge in [0.2, 0.25) is 5.91 Å². The molecule has 0 fully saturated rings. The fourth-order valence-corrected chi connectivity index (χ4v) is 2.63. The third-order valence-corrected chi connectivity index (χ3v) is 3.76. The van der Waals surface area contributed by atoms with Gasteiger partial charge in [-0.1, -0.05) is 68.4 Å². The maximum Gasteiger partial charge on any atom is 0.226 e. The van der Waals surface area contributed by atoms with E-state index in [1.165, 1.54) is 11.1 Å². The second-order valence-corrected chi connectivity index (χ2v) is 5.62. The van der Waals surface area contributed by atoms with Crippen molar-refractivity contribution in [2.24, 2.45) is 0 Å². The van der Waals surface area contributed by atoms with Gasteiger partial charge in [-0.05, 0) is 29.5 Å². The molecule has 0 aromatic heterocycles. The van der Waals surface area contributed by atoms with Crippen LogP contribution in [0.5, 0.6) is 0 Å². The summed E-state index contributed by atoms with van der Waals surface area (Å²) in [5.74, 6) is 0.233. The predicted octanol–water partition coefficient (Wildman–Crippen LogP) is 4.54. The van der Waals surface area contributed by atoms with Crippen molar-refractivity contribution in [1.29, 1.82) is 0 Å². The van der Waals surface area contributed by atoms with E-state index in [2.05, 4.69) is 50.2 Å². The van der Waals surface area contributed by atoms with Crippen LogP contribution in [0.4, 0.5) is 0 Å². The number of amides is 1. The molecule has 22 heavy (non-hydrogen) atoms. The van der Waals surface area contributed by atoms with Crippen molar-refractivity contribution in [3.05, 3.63) is 60.2 Å². The van der Waals surface area contributed by atoms with E-state index in [4.69, 9.17) is 0 Å². The zero-order valence-corrected chi connectivity index (χ0v) is 13.6. The number of hydrogen-bond acceptors (Lipinski definition) is 1. The highest BCUT2D eigenvalue weighted by atomic mass is 16.2. The summed E-state index contributed by atoms with van der Waals surface area (Å²) in [6, 6.07) is 18.6. The molecule has 2 aromatic carbocycles. The highest BCUT2D eigenvalue weighted by Gasteiger charge is 2.12. The Morgan fingerprint density at radius 2 is 1.36 bits per heavy atom. The first kappa shape index (κ1) is 16.3. The van der Waals surface area contributed by atoms with Gasteiger partial charge in [-0.2, -0.15) is 0 Å². The van der Waals surface area contributed by atoms with E-state index in [1.807, 2.05) is 23.1 Å². The van der Waals surface area contributed by atoms with Gasteiger partial charge < -0.3 is 4.90 Å². The molecule has 0 atom stereocenters. The van der Waals surface area contributed by atoms with Gasteiger partial charge in [-0.15, -0.1) is 0 Å². The second-order valence-electron chi connectivity index (χ2n) is 5.62. The average molecular weight is 295 g/mol. The first-order valence-electron chi connectivity index (χ1n) is 8.16. The summed E-state index contributed by atoms with van der Waals surface area (Å²) in [4.78, 5) is 14.4.